The summed E-state index contributed by atoms with van der Waals surface area (Å²) in [4.78, 5) is 0. The summed E-state index contributed by atoms with van der Waals surface area (Å²) >= 11 is 0. The van der Waals surface area contributed by atoms with Gasteiger partial charge in [-0.1, -0.05) is 0 Å². The predicted octanol–water partition coefficient (Wildman–Crippen LogP) is 2.83. The molecule has 0 unspecified atom stereocenters. The van der Waals surface area contributed by atoms with Crippen LogP contribution >= 0.6 is 0 Å². The lowest BCUT2D eigenvalue weighted by Gasteiger charge is -2.19. The van der Waals surface area contributed by atoms with Gasteiger partial charge in [0.15, 0.2) is 0 Å². The lowest BCUT2D eigenvalue weighted by atomic mass is 10.0. The molecule has 2 rings (SSSR count). The van der Waals surface area contributed by atoms with E-state index >= 15 is 0 Å². The van der Waals surface area contributed by atoms with E-state index in [1.54, 1.807) is 0 Å². The SMILES string of the molecule is CC(C)Oc1ccc2c(c1)CCCN2. The van der Waals surface area contributed by atoms with Crippen molar-refractivity contribution in [3.63, 3.8) is 0 Å². The Labute approximate surface area is 85.3 Å². The number of ether oxygens (including phenoxy) is 1. The molecule has 0 spiro atoms. The lowest BCUT2D eigenvalue weighted by Crippen LogP contribution is -2.12. The first-order valence-corrected chi connectivity index (χ1v) is 5.29. The maximum Gasteiger partial charge on any atom is 0.120 e. The van der Waals surface area contributed by atoms with Crippen LogP contribution in [0.4, 0.5) is 5.69 Å². The summed E-state index contributed by atoms with van der Waals surface area (Å²) in [5, 5.41) is 3.39. The van der Waals surface area contributed by atoms with Crippen LogP contribution in [0.3, 0.4) is 0 Å². The second kappa shape index (κ2) is 3.91. The van der Waals surface area contributed by atoms with Crippen LogP contribution in [0, 0.1) is 0 Å². The zero-order chi connectivity index (χ0) is 9.97. The first-order valence-electron chi connectivity index (χ1n) is 5.29. The molecule has 0 atom stereocenters. The molecule has 0 aliphatic carbocycles. The molecule has 2 heteroatoms. The fraction of sp³-hybridized carbons (Fsp3) is 0.500. The third-order valence-electron chi connectivity index (χ3n) is 2.39. The second-order valence-corrected chi connectivity index (χ2v) is 4.02. The van der Waals surface area contributed by atoms with Gasteiger partial charge in [0, 0.05) is 12.2 Å². The van der Waals surface area contributed by atoms with Crippen LogP contribution in [0.1, 0.15) is 25.8 Å². The standard InChI is InChI=1S/C12H17NO/c1-9(2)14-11-5-6-12-10(8-11)4-3-7-13-12/h5-6,8-9,13H,3-4,7H2,1-2H3. The predicted molar refractivity (Wildman–Crippen MR) is 59.0 cm³/mol. The van der Waals surface area contributed by atoms with Crippen molar-refractivity contribution in [2.45, 2.75) is 32.8 Å². The molecule has 1 aliphatic rings. The average Bonchev–Trinajstić information content (AvgIpc) is 2.17. The first kappa shape index (κ1) is 9.38. The van der Waals surface area contributed by atoms with Gasteiger partial charge < -0.3 is 10.1 Å². The molecule has 14 heavy (non-hydrogen) atoms. The van der Waals surface area contributed by atoms with E-state index in [0.29, 0.717) is 0 Å². The smallest absolute Gasteiger partial charge is 0.120 e. The van der Waals surface area contributed by atoms with Gasteiger partial charge in [-0.3, -0.25) is 0 Å². The highest BCUT2D eigenvalue weighted by Crippen LogP contribution is 2.26. The lowest BCUT2D eigenvalue weighted by molar-refractivity contribution is 0.242. The van der Waals surface area contributed by atoms with Crippen LogP contribution in [-0.4, -0.2) is 12.6 Å². The fourth-order valence-electron chi connectivity index (χ4n) is 1.80. The summed E-state index contributed by atoms with van der Waals surface area (Å²) in [5.74, 6) is 0.988. The molecule has 0 saturated carbocycles. The van der Waals surface area contributed by atoms with Gasteiger partial charge in [0.1, 0.15) is 5.75 Å². The van der Waals surface area contributed by atoms with Gasteiger partial charge in [-0.25, -0.2) is 0 Å². The highest BCUT2D eigenvalue weighted by atomic mass is 16.5. The minimum Gasteiger partial charge on any atom is -0.491 e. The van der Waals surface area contributed by atoms with E-state index in [0.717, 1.165) is 18.7 Å². The van der Waals surface area contributed by atoms with E-state index in [1.807, 2.05) is 6.07 Å². The molecule has 1 N–H and O–H groups in total. The molecular weight excluding hydrogens is 174 g/mol. The van der Waals surface area contributed by atoms with Crippen molar-refractivity contribution in [2.75, 3.05) is 11.9 Å². The van der Waals surface area contributed by atoms with E-state index in [9.17, 15) is 0 Å². The summed E-state index contributed by atoms with van der Waals surface area (Å²) in [6.07, 6.45) is 2.64. The quantitative estimate of drug-likeness (QED) is 0.776. The topological polar surface area (TPSA) is 21.3 Å². The Morgan fingerprint density at radius 1 is 1.36 bits per heavy atom. The molecule has 0 fully saturated rings. The zero-order valence-corrected chi connectivity index (χ0v) is 8.84. The Balaban J connectivity index is 2.20. The molecule has 1 heterocycles. The van der Waals surface area contributed by atoms with Crippen molar-refractivity contribution < 1.29 is 4.74 Å². The highest BCUT2D eigenvalue weighted by molar-refractivity contribution is 5.55. The van der Waals surface area contributed by atoms with Crippen molar-refractivity contribution in [1.29, 1.82) is 0 Å². The Bertz CT molecular complexity index is 320. The molecule has 0 amide bonds. The van der Waals surface area contributed by atoms with Gasteiger partial charge >= 0.3 is 0 Å². The molecule has 1 aliphatic heterocycles. The number of hydrogen-bond donors (Lipinski definition) is 1. The number of hydrogen-bond acceptors (Lipinski definition) is 2. The number of benzene rings is 1. The van der Waals surface area contributed by atoms with E-state index in [2.05, 4.69) is 31.3 Å². The fourth-order valence-corrected chi connectivity index (χ4v) is 1.80. The second-order valence-electron chi connectivity index (χ2n) is 4.02. The number of anilines is 1. The molecule has 1 aromatic rings. The highest BCUT2D eigenvalue weighted by Gasteiger charge is 2.09. The van der Waals surface area contributed by atoms with Gasteiger partial charge in [-0.2, -0.15) is 0 Å². The van der Waals surface area contributed by atoms with Gasteiger partial charge in [0.2, 0.25) is 0 Å². The summed E-state index contributed by atoms with van der Waals surface area (Å²) in [5.41, 5.74) is 2.65. The van der Waals surface area contributed by atoms with Gasteiger partial charge in [-0.15, -0.1) is 0 Å². The van der Waals surface area contributed by atoms with Crippen molar-refractivity contribution in [1.82, 2.24) is 0 Å². The molecule has 1 aromatic carbocycles. The van der Waals surface area contributed by atoms with Crippen LogP contribution in [0.5, 0.6) is 5.75 Å². The summed E-state index contributed by atoms with van der Waals surface area (Å²) in [6, 6.07) is 6.31. The van der Waals surface area contributed by atoms with Crippen LogP contribution in [-0.2, 0) is 6.42 Å². The van der Waals surface area contributed by atoms with Crippen LogP contribution in [0.25, 0.3) is 0 Å². The Hall–Kier alpha value is -1.18. The molecule has 0 saturated heterocycles. The van der Waals surface area contributed by atoms with E-state index in [-0.39, 0.29) is 6.10 Å². The maximum atomic E-state index is 5.65. The minimum absolute atomic E-state index is 0.254. The Morgan fingerprint density at radius 2 is 2.21 bits per heavy atom. The molecule has 0 bridgehead atoms. The average molecular weight is 191 g/mol. The number of fused-ring (bicyclic) bond motifs is 1. The third kappa shape index (κ3) is 2.00. The molecular formula is C12H17NO. The number of nitrogens with one attached hydrogen (secondary N) is 1. The Kier molecular flexibility index (Phi) is 2.62. The van der Waals surface area contributed by atoms with Crippen LogP contribution < -0.4 is 10.1 Å². The monoisotopic (exact) mass is 191 g/mol. The molecule has 76 valence electrons. The molecule has 0 aromatic heterocycles. The van der Waals surface area contributed by atoms with Crippen molar-refractivity contribution in [3.05, 3.63) is 23.8 Å². The van der Waals surface area contributed by atoms with Crippen molar-refractivity contribution in [3.8, 4) is 5.75 Å². The molecule has 0 radical (unpaired) electrons. The number of rotatable bonds is 2. The van der Waals surface area contributed by atoms with Gasteiger partial charge in [-0.05, 0) is 50.5 Å². The van der Waals surface area contributed by atoms with Crippen molar-refractivity contribution >= 4 is 5.69 Å². The van der Waals surface area contributed by atoms with Crippen LogP contribution in [0.2, 0.25) is 0 Å². The van der Waals surface area contributed by atoms with Crippen molar-refractivity contribution in [2.24, 2.45) is 0 Å². The van der Waals surface area contributed by atoms with E-state index in [4.69, 9.17) is 4.74 Å². The largest absolute Gasteiger partial charge is 0.491 e. The van der Waals surface area contributed by atoms with Gasteiger partial charge in [0.25, 0.3) is 0 Å². The first-order chi connectivity index (χ1) is 6.75. The Morgan fingerprint density at radius 3 is 3.00 bits per heavy atom. The summed E-state index contributed by atoms with van der Waals surface area (Å²) in [7, 11) is 0. The molecule has 2 nitrogen and oxygen atoms in total. The van der Waals surface area contributed by atoms with E-state index in [1.165, 1.54) is 17.7 Å². The normalized spacial score (nSPS) is 14.8. The summed E-state index contributed by atoms with van der Waals surface area (Å²) in [6.45, 7) is 5.20. The zero-order valence-electron chi connectivity index (χ0n) is 8.84. The van der Waals surface area contributed by atoms with Gasteiger partial charge in [0.05, 0.1) is 6.10 Å². The number of aryl methyl sites for hydroxylation is 1. The maximum absolute atomic E-state index is 5.65. The third-order valence-corrected chi connectivity index (χ3v) is 2.39. The van der Waals surface area contributed by atoms with E-state index < -0.39 is 0 Å². The van der Waals surface area contributed by atoms with Crippen LogP contribution in [0.15, 0.2) is 18.2 Å². The summed E-state index contributed by atoms with van der Waals surface area (Å²) < 4.78 is 5.65. The minimum atomic E-state index is 0.254.